The number of hydrogen-bond donors (Lipinski definition) is 2. The third-order valence-corrected chi connectivity index (χ3v) is 3.05. The molecule has 120 valence electrons. The fourth-order valence-electron chi connectivity index (χ4n) is 1.77. The molecular weight excluding hydrogens is 322 g/mol. The topological polar surface area (TPSA) is 93.5 Å². The second-order valence-electron chi connectivity index (χ2n) is 4.62. The summed E-state index contributed by atoms with van der Waals surface area (Å²) < 4.78 is 5.51. The molecule has 8 heteroatoms. The molecule has 2 aromatic carbocycles. The fourth-order valence-corrected chi connectivity index (χ4v) is 1.89. The summed E-state index contributed by atoms with van der Waals surface area (Å²) in [5.74, 6) is 0.567. The van der Waals surface area contributed by atoms with Gasteiger partial charge in [-0.15, -0.1) is 0 Å². The third-order valence-electron chi connectivity index (χ3n) is 2.80. The number of anilines is 1. The Hall–Kier alpha value is -2.80. The maximum absolute atomic E-state index is 11.8. The Morgan fingerprint density at radius 2 is 1.78 bits per heavy atom. The van der Waals surface area contributed by atoms with Crippen molar-refractivity contribution < 1.29 is 14.5 Å². The number of benzene rings is 2. The molecule has 0 radical (unpaired) electrons. The molecule has 2 amide bonds. The van der Waals surface area contributed by atoms with E-state index in [4.69, 9.17) is 16.3 Å². The summed E-state index contributed by atoms with van der Waals surface area (Å²) in [6.07, 6.45) is -0.575. The van der Waals surface area contributed by atoms with Crippen LogP contribution >= 0.6 is 11.6 Å². The Balaban J connectivity index is 1.86. The Morgan fingerprint density at radius 1 is 1.17 bits per heavy atom. The zero-order chi connectivity index (χ0) is 16.8. The number of nitro groups is 1. The van der Waals surface area contributed by atoms with Crippen molar-refractivity contribution in [1.82, 2.24) is 5.32 Å². The predicted octanol–water partition coefficient (Wildman–Crippen LogP) is 3.79. The molecule has 0 saturated heterocycles. The number of nitrogens with one attached hydrogen (secondary N) is 2. The van der Waals surface area contributed by atoms with Gasteiger partial charge in [0.05, 0.1) is 4.92 Å². The molecule has 0 fully saturated rings. The van der Waals surface area contributed by atoms with E-state index in [0.29, 0.717) is 16.5 Å². The summed E-state index contributed by atoms with van der Waals surface area (Å²) in [6.45, 7) is 1.67. The van der Waals surface area contributed by atoms with Crippen LogP contribution in [0, 0.1) is 10.1 Å². The number of amides is 2. The zero-order valence-electron chi connectivity index (χ0n) is 12.2. The van der Waals surface area contributed by atoms with Gasteiger partial charge in [0, 0.05) is 22.8 Å². The molecule has 0 aromatic heterocycles. The SMILES string of the molecule is CC(NC(=O)Nc1ccc([N+](=O)[O-])cc1)Oc1ccc(Cl)cc1. The molecule has 0 aliphatic heterocycles. The minimum Gasteiger partial charge on any atom is -0.471 e. The van der Waals surface area contributed by atoms with Crippen molar-refractivity contribution in [3.8, 4) is 5.75 Å². The van der Waals surface area contributed by atoms with Gasteiger partial charge in [-0.1, -0.05) is 11.6 Å². The van der Waals surface area contributed by atoms with E-state index in [1.165, 1.54) is 24.3 Å². The first-order chi connectivity index (χ1) is 10.9. The number of rotatable bonds is 5. The number of carbonyl (C=O) groups is 1. The number of urea groups is 1. The van der Waals surface area contributed by atoms with Crippen LogP contribution in [0.5, 0.6) is 5.75 Å². The van der Waals surface area contributed by atoms with Crippen molar-refractivity contribution in [3.63, 3.8) is 0 Å². The van der Waals surface area contributed by atoms with Gasteiger partial charge in [0.1, 0.15) is 5.75 Å². The van der Waals surface area contributed by atoms with Gasteiger partial charge in [-0.2, -0.15) is 0 Å². The van der Waals surface area contributed by atoms with Crippen molar-refractivity contribution in [1.29, 1.82) is 0 Å². The van der Waals surface area contributed by atoms with Crippen LogP contribution in [0.25, 0.3) is 0 Å². The highest BCUT2D eigenvalue weighted by atomic mass is 35.5. The number of nitrogens with zero attached hydrogens (tertiary/aromatic N) is 1. The van der Waals surface area contributed by atoms with E-state index in [0.717, 1.165) is 0 Å². The summed E-state index contributed by atoms with van der Waals surface area (Å²) in [6, 6.07) is 11.8. The number of hydrogen-bond acceptors (Lipinski definition) is 4. The summed E-state index contributed by atoms with van der Waals surface area (Å²) in [5, 5.41) is 16.3. The first kappa shape index (κ1) is 16.6. The van der Waals surface area contributed by atoms with Crippen molar-refractivity contribution >= 4 is 29.0 Å². The number of halogens is 1. The van der Waals surface area contributed by atoms with E-state index < -0.39 is 17.2 Å². The Morgan fingerprint density at radius 3 is 2.35 bits per heavy atom. The summed E-state index contributed by atoms with van der Waals surface area (Å²) in [7, 11) is 0. The van der Waals surface area contributed by atoms with Gasteiger partial charge in [-0.25, -0.2) is 4.79 Å². The maximum Gasteiger partial charge on any atom is 0.322 e. The smallest absolute Gasteiger partial charge is 0.322 e. The summed E-state index contributed by atoms with van der Waals surface area (Å²) in [5.41, 5.74) is 0.391. The molecule has 7 nitrogen and oxygen atoms in total. The maximum atomic E-state index is 11.8. The van der Waals surface area contributed by atoms with Gasteiger partial charge >= 0.3 is 6.03 Å². The Bertz CT molecular complexity index is 689. The van der Waals surface area contributed by atoms with Gasteiger partial charge in [-0.3, -0.25) is 10.1 Å². The van der Waals surface area contributed by atoms with Gasteiger partial charge in [0.25, 0.3) is 5.69 Å². The highest BCUT2D eigenvalue weighted by molar-refractivity contribution is 6.30. The third kappa shape index (κ3) is 5.15. The lowest BCUT2D eigenvalue weighted by Gasteiger charge is -2.16. The molecule has 23 heavy (non-hydrogen) atoms. The van der Waals surface area contributed by atoms with E-state index in [1.807, 2.05) is 0 Å². The number of nitro benzene ring substituents is 1. The molecule has 0 heterocycles. The minimum absolute atomic E-state index is 0.0459. The van der Waals surface area contributed by atoms with Gasteiger partial charge in [-0.05, 0) is 43.3 Å². The van der Waals surface area contributed by atoms with Crippen LogP contribution in [0.15, 0.2) is 48.5 Å². The normalized spacial score (nSPS) is 11.4. The number of ether oxygens (including phenoxy) is 1. The van der Waals surface area contributed by atoms with E-state index in [1.54, 1.807) is 31.2 Å². The van der Waals surface area contributed by atoms with Crippen LogP contribution in [0.4, 0.5) is 16.2 Å². The first-order valence-corrected chi connectivity index (χ1v) is 7.06. The van der Waals surface area contributed by atoms with Gasteiger partial charge in [0.2, 0.25) is 0 Å². The first-order valence-electron chi connectivity index (χ1n) is 6.68. The zero-order valence-corrected chi connectivity index (χ0v) is 12.9. The average Bonchev–Trinajstić information content (AvgIpc) is 2.50. The van der Waals surface area contributed by atoms with Crippen molar-refractivity contribution in [2.75, 3.05) is 5.32 Å². The second-order valence-corrected chi connectivity index (χ2v) is 5.05. The lowest BCUT2D eigenvalue weighted by atomic mass is 10.3. The van der Waals surface area contributed by atoms with Crippen molar-refractivity contribution in [2.45, 2.75) is 13.2 Å². The Kier molecular flexibility index (Phi) is 5.37. The standard InChI is InChI=1S/C15H14ClN3O4/c1-10(23-14-8-2-11(16)3-9-14)17-15(20)18-12-4-6-13(7-5-12)19(21)22/h2-10H,1H3,(H2,17,18,20). The van der Waals surface area contributed by atoms with Crippen LogP contribution in [-0.4, -0.2) is 17.2 Å². The lowest BCUT2D eigenvalue weighted by molar-refractivity contribution is -0.384. The number of carbonyl (C=O) groups excluding carboxylic acids is 1. The molecule has 0 spiro atoms. The average molecular weight is 336 g/mol. The molecule has 1 atom stereocenters. The summed E-state index contributed by atoms with van der Waals surface area (Å²) >= 11 is 5.78. The Labute approximate surface area is 137 Å². The van der Waals surface area contributed by atoms with Crippen LogP contribution in [0.3, 0.4) is 0 Å². The fraction of sp³-hybridized carbons (Fsp3) is 0.133. The highest BCUT2D eigenvalue weighted by Gasteiger charge is 2.10. The van der Waals surface area contributed by atoms with Crippen LogP contribution in [0.2, 0.25) is 5.02 Å². The quantitative estimate of drug-likeness (QED) is 0.493. The van der Waals surface area contributed by atoms with Gasteiger partial charge < -0.3 is 15.4 Å². The predicted molar refractivity (Wildman–Crippen MR) is 86.8 cm³/mol. The molecule has 0 saturated carbocycles. The molecule has 0 aliphatic carbocycles. The van der Waals surface area contributed by atoms with E-state index in [-0.39, 0.29) is 5.69 Å². The van der Waals surface area contributed by atoms with Crippen LogP contribution < -0.4 is 15.4 Å². The molecule has 2 aromatic rings. The molecule has 0 bridgehead atoms. The number of non-ortho nitro benzene ring substituents is 1. The van der Waals surface area contributed by atoms with E-state index in [9.17, 15) is 14.9 Å². The van der Waals surface area contributed by atoms with Gasteiger partial charge in [0.15, 0.2) is 6.23 Å². The summed E-state index contributed by atoms with van der Waals surface area (Å²) in [4.78, 5) is 21.9. The highest BCUT2D eigenvalue weighted by Crippen LogP contribution is 2.17. The second kappa shape index (κ2) is 7.46. The van der Waals surface area contributed by atoms with Crippen LogP contribution in [-0.2, 0) is 0 Å². The molecule has 2 rings (SSSR count). The lowest BCUT2D eigenvalue weighted by Crippen LogP contribution is -2.39. The molecule has 0 aliphatic rings. The molecule has 1 unspecified atom stereocenters. The molecular formula is C15H14ClN3O4. The monoisotopic (exact) mass is 335 g/mol. The minimum atomic E-state index is -0.575. The van der Waals surface area contributed by atoms with Crippen molar-refractivity contribution in [2.24, 2.45) is 0 Å². The van der Waals surface area contributed by atoms with E-state index >= 15 is 0 Å². The van der Waals surface area contributed by atoms with Crippen LogP contribution in [0.1, 0.15) is 6.92 Å². The van der Waals surface area contributed by atoms with E-state index in [2.05, 4.69) is 10.6 Å². The molecule has 2 N–H and O–H groups in total. The largest absolute Gasteiger partial charge is 0.471 e. The van der Waals surface area contributed by atoms with Crippen molar-refractivity contribution in [3.05, 3.63) is 63.7 Å².